The van der Waals surface area contributed by atoms with Crippen LogP contribution in [0.2, 0.25) is 0 Å². The second kappa shape index (κ2) is 8.61. The van der Waals surface area contributed by atoms with Crippen LogP contribution in [0.5, 0.6) is 0 Å². The van der Waals surface area contributed by atoms with E-state index in [0.29, 0.717) is 0 Å². The standard InChI is InChI=1S/C10H21ClN2S2Si/c1-3-5-9-14-12-7-8-13(16(12)11)15-10-6-4-2/h7-8,16H,3-6,9-10H2,1-2H3. The molecule has 0 bridgehead atoms. The smallest absolute Gasteiger partial charge is 0.319 e. The van der Waals surface area contributed by atoms with E-state index < -0.39 is 8.43 Å². The lowest BCUT2D eigenvalue weighted by atomic mass is 10.4. The van der Waals surface area contributed by atoms with E-state index >= 15 is 0 Å². The van der Waals surface area contributed by atoms with Gasteiger partial charge < -0.3 is 7.94 Å². The number of hydrogen-bond donors (Lipinski definition) is 0. The van der Waals surface area contributed by atoms with Gasteiger partial charge >= 0.3 is 8.43 Å². The molecule has 1 rings (SSSR count). The highest BCUT2D eigenvalue weighted by molar-refractivity contribution is 8.00. The van der Waals surface area contributed by atoms with Crippen LogP contribution in [0.4, 0.5) is 0 Å². The van der Waals surface area contributed by atoms with Crippen molar-refractivity contribution < 1.29 is 0 Å². The van der Waals surface area contributed by atoms with Gasteiger partial charge in [0.05, 0.1) is 0 Å². The summed E-state index contributed by atoms with van der Waals surface area (Å²) < 4.78 is 4.55. The zero-order valence-electron chi connectivity index (χ0n) is 10.1. The fourth-order valence-electron chi connectivity index (χ4n) is 1.22. The van der Waals surface area contributed by atoms with Crippen LogP contribution in [-0.2, 0) is 0 Å². The summed E-state index contributed by atoms with van der Waals surface area (Å²) in [5, 5.41) is 0. The first kappa shape index (κ1) is 14.6. The highest BCUT2D eigenvalue weighted by Crippen LogP contribution is 2.29. The Morgan fingerprint density at radius 1 is 1.00 bits per heavy atom. The normalized spacial score (nSPS) is 16.4. The van der Waals surface area contributed by atoms with E-state index in [-0.39, 0.29) is 0 Å². The fourth-order valence-corrected chi connectivity index (χ4v) is 7.23. The zero-order chi connectivity index (χ0) is 11.8. The topological polar surface area (TPSA) is 6.48 Å². The van der Waals surface area contributed by atoms with Crippen LogP contribution in [0.15, 0.2) is 12.4 Å². The van der Waals surface area contributed by atoms with Gasteiger partial charge in [-0.05, 0) is 12.8 Å². The molecule has 16 heavy (non-hydrogen) atoms. The number of hydrogen-bond acceptors (Lipinski definition) is 4. The molecule has 0 spiro atoms. The van der Waals surface area contributed by atoms with E-state index in [9.17, 15) is 0 Å². The van der Waals surface area contributed by atoms with E-state index in [0.717, 1.165) is 0 Å². The molecule has 0 aliphatic carbocycles. The quantitative estimate of drug-likeness (QED) is 0.290. The molecular formula is C10H21ClN2S2Si. The second-order valence-corrected chi connectivity index (χ2v) is 9.53. The lowest BCUT2D eigenvalue weighted by Gasteiger charge is -2.23. The molecule has 1 aliphatic rings. The van der Waals surface area contributed by atoms with E-state index in [1.54, 1.807) is 0 Å². The van der Waals surface area contributed by atoms with Crippen molar-refractivity contribution in [3.63, 3.8) is 0 Å². The van der Waals surface area contributed by atoms with Crippen LogP contribution in [0, 0.1) is 0 Å². The van der Waals surface area contributed by atoms with E-state index in [1.807, 2.05) is 23.9 Å². The van der Waals surface area contributed by atoms with Crippen LogP contribution < -0.4 is 0 Å². The average molecular weight is 297 g/mol. The minimum Gasteiger partial charge on any atom is -0.319 e. The Bertz CT molecular complexity index is 199. The average Bonchev–Trinajstić information content (AvgIpc) is 2.62. The molecule has 0 atom stereocenters. The Balaban J connectivity index is 2.20. The first-order chi connectivity index (χ1) is 7.79. The summed E-state index contributed by atoms with van der Waals surface area (Å²) in [6.45, 7) is 4.45. The zero-order valence-corrected chi connectivity index (χ0v) is 13.6. The van der Waals surface area contributed by atoms with Crippen LogP contribution in [0.1, 0.15) is 39.5 Å². The molecule has 0 aromatic heterocycles. The first-order valence-electron chi connectivity index (χ1n) is 5.94. The van der Waals surface area contributed by atoms with Gasteiger partial charge in [-0.1, -0.05) is 50.6 Å². The highest BCUT2D eigenvalue weighted by Gasteiger charge is 2.27. The fraction of sp³-hybridized carbons (Fsp3) is 0.800. The number of nitrogens with zero attached hydrogens (tertiary/aromatic N) is 2. The molecule has 6 heteroatoms. The largest absolute Gasteiger partial charge is 0.368 e. The molecule has 0 amide bonds. The molecule has 0 N–H and O–H groups in total. The Morgan fingerprint density at radius 3 is 1.81 bits per heavy atom. The molecule has 0 fully saturated rings. The van der Waals surface area contributed by atoms with Gasteiger partial charge in [0.25, 0.3) is 0 Å². The highest BCUT2D eigenvalue weighted by atomic mass is 35.6. The summed E-state index contributed by atoms with van der Waals surface area (Å²) >= 11 is 10.3. The van der Waals surface area contributed by atoms with Crippen molar-refractivity contribution in [2.24, 2.45) is 0 Å². The molecule has 2 nitrogen and oxygen atoms in total. The molecule has 1 heterocycles. The third kappa shape index (κ3) is 4.81. The Morgan fingerprint density at radius 2 is 1.44 bits per heavy atom. The summed E-state index contributed by atoms with van der Waals surface area (Å²) in [5.41, 5.74) is 0. The van der Waals surface area contributed by atoms with Gasteiger partial charge in [-0.15, -0.1) is 11.1 Å². The van der Waals surface area contributed by atoms with Crippen molar-refractivity contribution in [3.8, 4) is 0 Å². The van der Waals surface area contributed by atoms with E-state index in [1.165, 1.54) is 37.2 Å². The molecular weight excluding hydrogens is 276 g/mol. The predicted molar refractivity (Wildman–Crippen MR) is 80.6 cm³/mol. The van der Waals surface area contributed by atoms with Gasteiger partial charge in [0.15, 0.2) is 0 Å². The summed E-state index contributed by atoms with van der Waals surface area (Å²) in [4.78, 5) is 0. The van der Waals surface area contributed by atoms with Crippen LogP contribution in [0.3, 0.4) is 0 Å². The third-order valence-corrected chi connectivity index (χ3v) is 9.27. The molecule has 0 saturated heterocycles. The lowest BCUT2D eigenvalue weighted by molar-refractivity contribution is 0.867. The maximum atomic E-state index is 6.49. The predicted octanol–water partition coefficient (Wildman–Crippen LogP) is 3.93. The van der Waals surface area contributed by atoms with Crippen molar-refractivity contribution in [3.05, 3.63) is 12.4 Å². The number of halogens is 1. The van der Waals surface area contributed by atoms with Gasteiger partial charge in [0, 0.05) is 23.9 Å². The number of unbranched alkanes of at least 4 members (excludes halogenated alkanes) is 2. The molecule has 0 saturated carbocycles. The van der Waals surface area contributed by atoms with E-state index in [4.69, 9.17) is 11.1 Å². The van der Waals surface area contributed by atoms with Crippen molar-refractivity contribution >= 4 is 43.4 Å². The Hall–Kier alpha value is 0.547. The minimum absolute atomic E-state index is 1.19. The van der Waals surface area contributed by atoms with Gasteiger partial charge in [-0.3, -0.25) is 0 Å². The van der Waals surface area contributed by atoms with Gasteiger partial charge in [0.2, 0.25) is 0 Å². The summed E-state index contributed by atoms with van der Waals surface area (Å²) in [6.07, 6.45) is 9.35. The maximum Gasteiger partial charge on any atom is 0.368 e. The summed E-state index contributed by atoms with van der Waals surface area (Å²) in [6, 6.07) is 0. The molecule has 0 aromatic carbocycles. The van der Waals surface area contributed by atoms with Crippen molar-refractivity contribution in [1.29, 1.82) is 0 Å². The lowest BCUT2D eigenvalue weighted by Crippen LogP contribution is -2.31. The molecule has 0 radical (unpaired) electrons. The van der Waals surface area contributed by atoms with Gasteiger partial charge in [0.1, 0.15) is 0 Å². The summed E-state index contributed by atoms with van der Waals surface area (Å²) in [5.74, 6) is 2.37. The molecule has 0 aromatic rings. The maximum absolute atomic E-state index is 6.49. The van der Waals surface area contributed by atoms with Crippen molar-refractivity contribution in [1.82, 2.24) is 7.94 Å². The molecule has 1 aliphatic heterocycles. The Kier molecular flexibility index (Phi) is 7.86. The molecule has 0 unspecified atom stereocenters. The van der Waals surface area contributed by atoms with Crippen molar-refractivity contribution in [2.75, 3.05) is 11.5 Å². The first-order valence-corrected chi connectivity index (χ1v) is 10.6. The van der Waals surface area contributed by atoms with Crippen LogP contribution in [-0.4, -0.2) is 27.9 Å². The van der Waals surface area contributed by atoms with Gasteiger partial charge in [-0.2, -0.15) is 0 Å². The second-order valence-electron chi connectivity index (χ2n) is 3.70. The SMILES string of the molecule is CCCCSN1C=CN(SCCCC)[SiH]1Cl. The van der Waals surface area contributed by atoms with Gasteiger partial charge in [-0.25, -0.2) is 0 Å². The molecule has 94 valence electrons. The minimum atomic E-state index is -1.41. The summed E-state index contributed by atoms with van der Waals surface area (Å²) in [7, 11) is -1.41. The van der Waals surface area contributed by atoms with Crippen molar-refractivity contribution in [2.45, 2.75) is 39.5 Å². The Labute approximate surface area is 115 Å². The van der Waals surface area contributed by atoms with Crippen LogP contribution >= 0.6 is 35.0 Å². The van der Waals surface area contributed by atoms with E-state index in [2.05, 4.69) is 34.2 Å². The third-order valence-electron chi connectivity index (χ3n) is 2.26. The van der Waals surface area contributed by atoms with Crippen LogP contribution in [0.25, 0.3) is 0 Å². The number of rotatable bonds is 8. The monoisotopic (exact) mass is 296 g/mol.